The van der Waals surface area contributed by atoms with Gasteiger partial charge in [0.2, 0.25) is 0 Å². The van der Waals surface area contributed by atoms with Crippen molar-refractivity contribution >= 4 is 29.3 Å². The second-order valence-electron chi connectivity index (χ2n) is 6.91. The molecular weight excluding hydrogens is 362 g/mol. The number of rotatable bonds is 5. The summed E-state index contributed by atoms with van der Waals surface area (Å²) in [6, 6.07) is 5.78. The predicted molar refractivity (Wildman–Crippen MR) is 112 cm³/mol. The van der Waals surface area contributed by atoms with Crippen LogP contribution in [0.5, 0.6) is 11.5 Å². The fraction of sp³-hybridized carbons (Fsp3) is 0.500. The summed E-state index contributed by atoms with van der Waals surface area (Å²) in [4.78, 5) is 12.0. The number of thiocarbonyl (C=S) groups is 1. The Morgan fingerprint density at radius 3 is 2.59 bits per heavy atom. The average molecular weight is 392 g/mol. The van der Waals surface area contributed by atoms with E-state index >= 15 is 0 Å². The van der Waals surface area contributed by atoms with Gasteiger partial charge in [-0.15, -0.1) is 0 Å². The SMILES string of the molecule is COc1ccc(/C=C/C(=O)NNC(=S)N[C@H]2CCC[C@H](C)[C@H]2C)cc1OC. The number of carbonyl (C=O) groups excluding carboxylic acids is 1. The average Bonchev–Trinajstić information content (AvgIpc) is 2.68. The monoisotopic (exact) mass is 391 g/mol. The lowest BCUT2D eigenvalue weighted by atomic mass is 9.78. The minimum atomic E-state index is -0.293. The van der Waals surface area contributed by atoms with Crippen LogP contribution in [0.2, 0.25) is 0 Å². The number of benzene rings is 1. The van der Waals surface area contributed by atoms with Gasteiger partial charge in [-0.25, -0.2) is 0 Å². The number of hydrogen-bond donors (Lipinski definition) is 3. The standard InChI is InChI=1S/C20H29N3O3S/c1-13-6-5-7-16(14(13)2)21-20(27)23-22-19(24)11-9-15-8-10-17(25-3)18(12-15)26-4/h8-14,16H,5-7H2,1-4H3,(H,22,24)(H2,21,23,27)/b11-9+/t13-,14+,16-/m0/s1. The molecular formula is C20H29N3O3S. The number of nitrogens with one attached hydrogen (secondary N) is 3. The van der Waals surface area contributed by atoms with Crippen molar-refractivity contribution < 1.29 is 14.3 Å². The first-order valence-corrected chi connectivity index (χ1v) is 9.62. The fourth-order valence-electron chi connectivity index (χ4n) is 3.28. The lowest BCUT2D eigenvalue weighted by Gasteiger charge is -2.35. The van der Waals surface area contributed by atoms with E-state index in [0.717, 1.165) is 12.0 Å². The molecule has 0 aliphatic heterocycles. The summed E-state index contributed by atoms with van der Waals surface area (Å²) in [5.41, 5.74) is 6.18. The highest BCUT2D eigenvalue weighted by molar-refractivity contribution is 7.80. The number of methoxy groups -OCH3 is 2. The van der Waals surface area contributed by atoms with Crippen molar-refractivity contribution in [3.8, 4) is 11.5 Å². The molecule has 1 saturated carbocycles. The summed E-state index contributed by atoms with van der Waals surface area (Å²) in [6.07, 6.45) is 6.69. The number of ether oxygens (including phenoxy) is 2. The van der Waals surface area contributed by atoms with Gasteiger partial charge in [0.15, 0.2) is 16.6 Å². The van der Waals surface area contributed by atoms with Gasteiger partial charge in [-0.3, -0.25) is 15.6 Å². The summed E-state index contributed by atoms with van der Waals surface area (Å²) in [7, 11) is 3.15. The van der Waals surface area contributed by atoms with E-state index in [1.807, 2.05) is 6.07 Å². The van der Waals surface area contributed by atoms with Crippen LogP contribution in [0.25, 0.3) is 6.08 Å². The van der Waals surface area contributed by atoms with Gasteiger partial charge in [0.25, 0.3) is 5.91 Å². The molecule has 7 heteroatoms. The van der Waals surface area contributed by atoms with Gasteiger partial charge < -0.3 is 14.8 Å². The van der Waals surface area contributed by atoms with Crippen molar-refractivity contribution in [3.05, 3.63) is 29.8 Å². The molecule has 0 aromatic heterocycles. The molecule has 0 unspecified atom stereocenters. The maximum Gasteiger partial charge on any atom is 0.262 e. The molecule has 6 nitrogen and oxygen atoms in total. The van der Waals surface area contributed by atoms with Crippen molar-refractivity contribution in [2.45, 2.75) is 39.2 Å². The molecule has 1 amide bonds. The van der Waals surface area contributed by atoms with E-state index in [2.05, 4.69) is 30.0 Å². The van der Waals surface area contributed by atoms with Crippen molar-refractivity contribution in [2.24, 2.45) is 11.8 Å². The van der Waals surface area contributed by atoms with Crippen molar-refractivity contribution in [2.75, 3.05) is 14.2 Å². The van der Waals surface area contributed by atoms with Crippen LogP contribution in [0.3, 0.4) is 0 Å². The van der Waals surface area contributed by atoms with Crippen molar-refractivity contribution in [1.82, 2.24) is 16.2 Å². The van der Waals surface area contributed by atoms with Crippen molar-refractivity contribution in [1.29, 1.82) is 0 Å². The van der Waals surface area contributed by atoms with E-state index in [1.54, 1.807) is 32.4 Å². The van der Waals surface area contributed by atoms with Crippen molar-refractivity contribution in [3.63, 3.8) is 0 Å². The zero-order valence-electron chi connectivity index (χ0n) is 16.4. The predicted octanol–water partition coefficient (Wildman–Crippen LogP) is 3.04. The molecule has 0 spiro atoms. The molecule has 2 rings (SSSR count). The molecule has 1 fully saturated rings. The van der Waals surface area contributed by atoms with Crippen LogP contribution in [-0.4, -0.2) is 31.3 Å². The van der Waals surface area contributed by atoms with Crippen LogP contribution in [0.1, 0.15) is 38.7 Å². The first-order chi connectivity index (χ1) is 12.9. The highest BCUT2D eigenvalue weighted by Gasteiger charge is 2.27. The van der Waals surface area contributed by atoms with Crippen LogP contribution >= 0.6 is 12.2 Å². The molecule has 1 aromatic rings. The van der Waals surface area contributed by atoms with E-state index in [0.29, 0.717) is 34.5 Å². The lowest BCUT2D eigenvalue weighted by molar-refractivity contribution is -0.116. The molecule has 27 heavy (non-hydrogen) atoms. The van der Waals surface area contributed by atoms with Crippen LogP contribution in [-0.2, 0) is 4.79 Å². The van der Waals surface area contributed by atoms with Gasteiger partial charge in [-0.05, 0) is 54.2 Å². The topological polar surface area (TPSA) is 71.6 Å². The minimum absolute atomic E-state index is 0.293. The van der Waals surface area contributed by atoms with Crippen LogP contribution in [0.15, 0.2) is 24.3 Å². The molecule has 0 radical (unpaired) electrons. The third-order valence-corrected chi connectivity index (χ3v) is 5.38. The number of carbonyl (C=O) groups is 1. The molecule has 0 heterocycles. The fourth-order valence-corrected chi connectivity index (χ4v) is 3.48. The van der Waals surface area contributed by atoms with Gasteiger partial charge in [0.1, 0.15) is 0 Å². The second kappa shape index (κ2) is 10.2. The summed E-state index contributed by atoms with van der Waals surface area (Å²) in [5.74, 6) is 2.19. The summed E-state index contributed by atoms with van der Waals surface area (Å²) in [5, 5.41) is 3.75. The minimum Gasteiger partial charge on any atom is -0.493 e. The van der Waals surface area contributed by atoms with E-state index < -0.39 is 0 Å². The Kier molecular flexibility index (Phi) is 7.91. The van der Waals surface area contributed by atoms with Gasteiger partial charge in [0, 0.05) is 12.1 Å². The molecule has 148 valence electrons. The molecule has 0 bridgehead atoms. The maximum atomic E-state index is 12.0. The van der Waals surface area contributed by atoms with Crippen LogP contribution in [0.4, 0.5) is 0 Å². The number of amides is 1. The Labute approximate surface area is 166 Å². The first-order valence-electron chi connectivity index (χ1n) is 9.21. The zero-order chi connectivity index (χ0) is 19.8. The third-order valence-electron chi connectivity index (χ3n) is 5.16. The van der Waals surface area contributed by atoms with Gasteiger partial charge in [0.05, 0.1) is 14.2 Å². The molecule has 0 saturated heterocycles. The molecule has 1 aliphatic carbocycles. The van der Waals surface area contributed by atoms with Gasteiger partial charge in [-0.2, -0.15) is 0 Å². The summed E-state index contributed by atoms with van der Waals surface area (Å²) >= 11 is 5.29. The van der Waals surface area contributed by atoms with E-state index in [1.165, 1.54) is 18.9 Å². The normalized spacial score (nSPS) is 22.1. The summed E-state index contributed by atoms with van der Waals surface area (Å²) < 4.78 is 10.5. The first kappa shape index (κ1) is 21.0. The van der Waals surface area contributed by atoms with Crippen LogP contribution in [0, 0.1) is 11.8 Å². The Hall–Kier alpha value is -2.28. The van der Waals surface area contributed by atoms with E-state index in [-0.39, 0.29) is 5.91 Å². The summed E-state index contributed by atoms with van der Waals surface area (Å²) in [6.45, 7) is 4.52. The zero-order valence-corrected chi connectivity index (χ0v) is 17.2. The highest BCUT2D eigenvalue weighted by atomic mass is 32.1. The molecule has 3 atom stereocenters. The quantitative estimate of drug-likeness (QED) is 0.407. The highest BCUT2D eigenvalue weighted by Crippen LogP contribution is 2.29. The smallest absolute Gasteiger partial charge is 0.262 e. The third kappa shape index (κ3) is 6.13. The Balaban J connectivity index is 1.81. The second-order valence-corrected chi connectivity index (χ2v) is 7.32. The Morgan fingerprint density at radius 1 is 1.15 bits per heavy atom. The largest absolute Gasteiger partial charge is 0.493 e. The van der Waals surface area contributed by atoms with Gasteiger partial charge in [-0.1, -0.05) is 32.8 Å². The number of hydrogen-bond acceptors (Lipinski definition) is 4. The van der Waals surface area contributed by atoms with Gasteiger partial charge >= 0.3 is 0 Å². The number of hydrazine groups is 1. The van der Waals surface area contributed by atoms with E-state index in [4.69, 9.17) is 21.7 Å². The van der Waals surface area contributed by atoms with Crippen LogP contribution < -0.4 is 25.6 Å². The molecule has 3 N–H and O–H groups in total. The molecule has 1 aromatic carbocycles. The molecule has 1 aliphatic rings. The lowest BCUT2D eigenvalue weighted by Crippen LogP contribution is -2.52. The van der Waals surface area contributed by atoms with E-state index in [9.17, 15) is 4.79 Å². The Bertz CT molecular complexity index is 693. The maximum absolute atomic E-state index is 12.0. The Morgan fingerprint density at radius 2 is 1.89 bits per heavy atom.